The van der Waals surface area contributed by atoms with Gasteiger partial charge in [0.25, 0.3) is 0 Å². The van der Waals surface area contributed by atoms with Crippen LogP contribution in [-0.4, -0.2) is 41.6 Å². The number of ether oxygens (including phenoxy) is 2. The highest BCUT2D eigenvalue weighted by Crippen LogP contribution is 2.22. The van der Waals surface area contributed by atoms with Crippen LogP contribution in [0.25, 0.3) is 0 Å². The summed E-state index contributed by atoms with van der Waals surface area (Å²) >= 11 is 5.24. The summed E-state index contributed by atoms with van der Waals surface area (Å²) in [7, 11) is 0. The number of aliphatic imine (C=N–C) groups is 1. The van der Waals surface area contributed by atoms with Crippen molar-refractivity contribution >= 4 is 41.2 Å². The summed E-state index contributed by atoms with van der Waals surface area (Å²) < 4.78 is 9.57. The van der Waals surface area contributed by atoms with Crippen LogP contribution in [0.1, 0.15) is 38.8 Å². The topological polar surface area (TPSA) is 97.2 Å². The monoisotopic (exact) mass is 406 g/mol. The van der Waals surface area contributed by atoms with Gasteiger partial charge in [-0.15, -0.1) is 0 Å². The quantitative estimate of drug-likeness (QED) is 0.224. The molecule has 7 nitrogen and oxygen atoms in total. The molecule has 0 radical (unpaired) electrons. The Morgan fingerprint density at radius 2 is 1.61 bits per heavy atom. The smallest absolute Gasteiger partial charge is 0.374 e. The average Bonchev–Trinajstić information content (AvgIpc) is 2.68. The summed E-state index contributed by atoms with van der Waals surface area (Å²) in [6, 6.07) is 5.96. The molecule has 0 aliphatic carbocycles. The van der Waals surface area contributed by atoms with Gasteiger partial charge < -0.3 is 19.9 Å². The summed E-state index contributed by atoms with van der Waals surface area (Å²) in [5.74, 6) is -2.82. The number of nitrogens with zero attached hydrogens (tertiary/aromatic N) is 1. The van der Waals surface area contributed by atoms with Crippen molar-refractivity contribution in [2.45, 2.75) is 40.5 Å². The molecule has 0 atom stereocenters. The lowest BCUT2D eigenvalue weighted by Gasteiger charge is -2.14. The summed E-state index contributed by atoms with van der Waals surface area (Å²) in [6.07, 6.45) is 2.61. The second-order valence-electron chi connectivity index (χ2n) is 5.55. The highest BCUT2D eigenvalue weighted by molar-refractivity contribution is 7.80. The molecule has 0 unspecified atom stereocenters. The number of anilines is 1. The fourth-order valence-electron chi connectivity index (χ4n) is 2.39. The predicted molar refractivity (Wildman–Crippen MR) is 113 cm³/mol. The first kappa shape index (κ1) is 23.3. The predicted octanol–water partition coefficient (Wildman–Crippen LogP) is 3.52. The third kappa shape index (κ3) is 6.45. The van der Waals surface area contributed by atoms with Gasteiger partial charge in [0, 0.05) is 11.9 Å². The molecule has 0 aliphatic heterocycles. The maximum atomic E-state index is 12.1. The molecular weight excluding hydrogens is 380 g/mol. The van der Waals surface area contributed by atoms with Crippen molar-refractivity contribution in [2.75, 3.05) is 18.5 Å². The molecule has 0 saturated carbocycles. The van der Waals surface area contributed by atoms with Gasteiger partial charge in [-0.1, -0.05) is 32.0 Å². The molecule has 2 N–H and O–H groups in total. The number of thiocarbonyl (C=S) groups is 1. The number of carbonyl (C=O) groups is 2. The molecule has 1 rings (SSSR count). The van der Waals surface area contributed by atoms with Crippen LogP contribution < -0.4 is 5.32 Å². The van der Waals surface area contributed by atoms with Crippen LogP contribution in [0.15, 0.2) is 34.5 Å². The number of hydrogen-bond donors (Lipinski definition) is 2. The van der Waals surface area contributed by atoms with Crippen molar-refractivity contribution < 1.29 is 24.2 Å². The minimum atomic E-state index is -1.04. The van der Waals surface area contributed by atoms with Crippen molar-refractivity contribution in [3.05, 3.63) is 40.7 Å². The standard InChI is InChI=1S/C20H26N2O5S/c1-5-13-10-9-11-14(6-2)16(13)22-20(28)21-12-15(18(24)26-7-3)17(23)19(25)27-8-4/h9-12,23H,5-8H2,1-4H3,(H,22,28)/b17-15+,21-12+. The zero-order chi connectivity index (χ0) is 21.1. The Morgan fingerprint density at radius 1 is 1.07 bits per heavy atom. The van der Waals surface area contributed by atoms with Gasteiger partial charge >= 0.3 is 11.9 Å². The van der Waals surface area contributed by atoms with Crippen LogP contribution in [0.5, 0.6) is 0 Å². The number of aliphatic hydroxyl groups is 1. The number of benzene rings is 1. The van der Waals surface area contributed by atoms with Gasteiger partial charge in [0.15, 0.2) is 5.11 Å². The highest BCUT2D eigenvalue weighted by Gasteiger charge is 2.21. The number of rotatable bonds is 8. The van der Waals surface area contributed by atoms with E-state index in [1.165, 1.54) is 0 Å². The van der Waals surface area contributed by atoms with Gasteiger partial charge in [0.1, 0.15) is 5.57 Å². The Hall–Kier alpha value is -2.74. The van der Waals surface area contributed by atoms with Gasteiger partial charge in [-0.05, 0) is 50.0 Å². The molecule has 1 aromatic carbocycles. The van der Waals surface area contributed by atoms with Gasteiger partial charge in [0.05, 0.1) is 13.2 Å². The third-order valence-electron chi connectivity index (χ3n) is 3.76. The lowest BCUT2D eigenvalue weighted by Crippen LogP contribution is -2.18. The first-order valence-electron chi connectivity index (χ1n) is 9.12. The number of aliphatic hydroxyl groups excluding tert-OH is 1. The molecule has 1 aromatic rings. The van der Waals surface area contributed by atoms with Crippen molar-refractivity contribution in [3.8, 4) is 0 Å². The van der Waals surface area contributed by atoms with Crippen LogP contribution in [0.3, 0.4) is 0 Å². The Bertz CT molecular complexity index is 765. The van der Waals surface area contributed by atoms with Crippen molar-refractivity contribution in [2.24, 2.45) is 4.99 Å². The fraction of sp³-hybridized carbons (Fsp3) is 0.400. The fourth-order valence-corrected chi connectivity index (χ4v) is 2.55. The Labute approximate surface area is 170 Å². The maximum Gasteiger partial charge on any atom is 0.374 e. The second kappa shape index (κ2) is 11.9. The Kier molecular flexibility index (Phi) is 9.87. The van der Waals surface area contributed by atoms with Crippen LogP contribution in [0, 0.1) is 0 Å². The molecule has 28 heavy (non-hydrogen) atoms. The summed E-state index contributed by atoms with van der Waals surface area (Å²) in [6.45, 7) is 7.37. The molecule has 0 aromatic heterocycles. The van der Waals surface area contributed by atoms with E-state index in [9.17, 15) is 14.7 Å². The van der Waals surface area contributed by atoms with E-state index in [2.05, 4.69) is 10.3 Å². The summed E-state index contributed by atoms with van der Waals surface area (Å²) in [5, 5.41) is 13.2. The molecule has 0 spiro atoms. The first-order chi connectivity index (χ1) is 13.4. The zero-order valence-electron chi connectivity index (χ0n) is 16.6. The number of aryl methyl sites for hydroxylation is 2. The van der Waals surface area contributed by atoms with E-state index in [4.69, 9.17) is 21.7 Å². The molecule has 0 bridgehead atoms. The number of esters is 2. The van der Waals surface area contributed by atoms with E-state index in [0.717, 1.165) is 35.9 Å². The number of para-hydroxylation sites is 1. The second-order valence-corrected chi connectivity index (χ2v) is 5.94. The van der Waals surface area contributed by atoms with Crippen LogP contribution in [-0.2, 0) is 31.9 Å². The lowest BCUT2D eigenvalue weighted by atomic mass is 10.0. The van der Waals surface area contributed by atoms with Crippen molar-refractivity contribution in [1.82, 2.24) is 0 Å². The molecule has 0 saturated heterocycles. The van der Waals surface area contributed by atoms with Crippen LogP contribution in [0.2, 0.25) is 0 Å². The summed E-state index contributed by atoms with van der Waals surface area (Å²) in [4.78, 5) is 27.8. The largest absolute Gasteiger partial charge is 0.501 e. The highest BCUT2D eigenvalue weighted by atomic mass is 32.1. The number of carbonyl (C=O) groups excluding carboxylic acids is 2. The Morgan fingerprint density at radius 3 is 2.11 bits per heavy atom. The molecule has 152 valence electrons. The van der Waals surface area contributed by atoms with Crippen molar-refractivity contribution in [3.63, 3.8) is 0 Å². The molecule has 8 heteroatoms. The molecule has 0 aliphatic rings. The first-order valence-corrected chi connectivity index (χ1v) is 9.53. The van der Waals surface area contributed by atoms with Gasteiger partial charge in [-0.2, -0.15) is 0 Å². The zero-order valence-corrected chi connectivity index (χ0v) is 17.4. The third-order valence-corrected chi connectivity index (χ3v) is 3.97. The maximum absolute atomic E-state index is 12.1. The van der Waals surface area contributed by atoms with Gasteiger partial charge in [0.2, 0.25) is 5.76 Å². The van der Waals surface area contributed by atoms with Gasteiger partial charge in [-0.25, -0.2) is 14.6 Å². The number of hydrogen-bond acceptors (Lipinski definition) is 6. The van der Waals surface area contributed by atoms with Crippen molar-refractivity contribution in [1.29, 1.82) is 0 Å². The van der Waals surface area contributed by atoms with Crippen LogP contribution >= 0.6 is 12.2 Å². The van der Waals surface area contributed by atoms with E-state index in [1.807, 2.05) is 32.0 Å². The van der Waals surface area contributed by atoms with Crippen LogP contribution in [0.4, 0.5) is 5.69 Å². The normalized spacial score (nSPS) is 11.7. The minimum absolute atomic E-state index is 0.0453. The van der Waals surface area contributed by atoms with Gasteiger partial charge in [-0.3, -0.25) is 0 Å². The number of nitrogens with one attached hydrogen (secondary N) is 1. The SMILES string of the molecule is CCOC(=O)/C(O)=C(/C=N/C(=S)Nc1c(CC)cccc1CC)C(=O)OCC. The van der Waals surface area contributed by atoms with E-state index in [1.54, 1.807) is 13.8 Å². The van der Waals surface area contributed by atoms with E-state index in [0.29, 0.717) is 0 Å². The van der Waals surface area contributed by atoms with E-state index in [-0.39, 0.29) is 18.3 Å². The summed E-state index contributed by atoms with van der Waals surface area (Å²) in [5.41, 5.74) is 2.59. The van der Waals surface area contributed by atoms with E-state index < -0.39 is 23.3 Å². The molecule has 0 amide bonds. The molecule has 0 heterocycles. The Balaban J connectivity index is 3.14. The van der Waals surface area contributed by atoms with E-state index >= 15 is 0 Å². The molecule has 0 fully saturated rings. The average molecular weight is 407 g/mol. The lowest BCUT2D eigenvalue weighted by molar-refractivity contribution is -0.143. The minimum Gasteiger partial charge on any atom is -0.501 e. The molecular formula is C20H26N2O5S.